The number of likely N-dealkylation sites (tertiary alicyclic amines) is 1. The molecule has 1 atom stereocenters. The van der Waals surface area contributed by atoms with Crippen LogP contribution in [-0.2, 0) is 5.72 Å². The monoisotopic (exact) mass is 392 g/mol. The SMILES string of the molecule is CC1=C(C#Cc2ccccc2)c2ccccc2O[C@@]1(c1ccccc1)[NH+]1CCCC1. The predicted molar refractivity (Wildman–Crippen MR) is 121 cm³/mol. The van der Waals surface area contributed by atoms with Crippen molar-refractivity contribution < 1.29 is 9.64 Å². The van der Waals surface area contributed by atoms with Crippen LogP contribution in [0.5, 0.6) is 5.75 Å². The molecule has 0 radical (unpaired) electrons. The second-order valence-electron chi connectivity index (χ2n) is 8.07. The molecule has 3 aromatic rings. The molecule has 148 valence electrons. The maximum Gasteiger partial charge on any atom is 0.292 e. The smallest absolute Gasteiger partial charge is 0.292 e. The Morgan fingerprint density at radius 1 is 0.767 bits per heavy atom. The highest BCUT2D eigenvalue weighted by Crippen LogP contribution is 2.43. The largest absolute Gasteiger partial charge is 0.432 e. The van der Waals surface area contributed by atoms with E-state index >= 15 is 0 Å². The molecule has 1 fully saturated rings. The van der Waals surface area contributed by atoms with Crippen molar-refractivity contribution in [2.75, 3.05) is 13.1 Å². The highest BCUT2D eigenvalue weighted by atomic mass is 16.5. The molecule has 2 aliphatic heterocycles. The van der Waals surface area contributed by atoms with E-state index in [1.807, 2.05) is 18.2 Å². The summed E-state index contributed by atoms with van der Waals surface area (Å²) in [5, 5.41) is 0. The van der Waals surface area contributed by atoms with Gasteiger partial charge in [0.25, 0.3) is 5.72 Å². The normalized spacial score (nSPS) is 20.8. The third-order valence-corrected chi connectivity index (χ3v) is 6.31. The van der Waals surface area contributed by atoms with Crippen molar-refractivity contribution in [3.05, 3.63) is 107 Å². The lowest BCUT2D eigenvalue weighted by Crippen LogP contribution is -3.18. The number of fused-ring (bicyclic) bond motifs is 1. The van der Waals surface area contributed by atoms with Crippen LogP contribution in [0, 0.1) is 11.8 Å². The van der Waals surface area contributed by atoms with Crippen molar-refractivity contribution in [3.8, 4) is 17.6 Å². The molecule has 1 N–H and O–H groups in total. The topological polar surface area (TPSA) is 13.7 Å². The fourth-order valence-electron chi connectivity index (χ4n) is 4.84. The zero-order chi connectivity index (χ0) is 20.4. The van der Waals surface area contributed by atoms with E-state index in [2.05, 4.69) is 85.5 Å². The first-order valence-electron chi connectivity index (χ1n) is 10.8. The number of hydrogen-bond acceptors (Lipinski definition) is 1. The Hall–Kier alpha value is -3.28. The van der Waals surface area contributed by atoms with E-state index in [4.69, 9.17) is 4.74 Å². The first-order chi connectivity index (χ1) is 14.8. The molecule has 0 aromatic heterocycles. The summed E-state index contributed by atoms with van der Waals surface area (Å²) < 4.78 is 6.92. The molecule has 0 saturated carbocycles. The number of benzene rings is 3. The molecule has 0 amide bonds. The van der Waals surface area contributed by atoms with Gasteiger partial charge >= 0.3 is 0 Å². The van der Waals surface area contributed by atoms with E-state index in [0.29, 0.717) is 0 Å². The van der Waals surface area contributed by atoms with Crippen molar-refractivity contribution in [3.63, 3.8) is 0 Å². The van der Waals surface area contributed by atoms with Gasteiger partial charge in [0.1, 0.15) is 5.75 Å². The highest BCUT2D eigenvalue weighted by Gasteiger charge is 2.51. The fraction of sp³-hybridized carbons (Fsp3) is 0.214. The summed E-state index contributed by atoms with van der Waals surface area (Å²) in [4.78, 5) is 1.47. The Morgan fingerprint density at radius 2 is 1.40 bits per heavy atom. The second-order valence-corrected chi connectivity index (χ2v) is 8.07. The summed E-state index contributed by atoms with van der Waals surface area (Å²) in [6.07, 6.45) is 2.46. The van der Waals surface area contributed by atoms with Gasteiger partial charge in [-0.15, -0.1) is 0 Å². The maximum atomic E-state index is 6.92. The summed E-state index contributed by atoms with van der Waals surface area (Å²) in [6, 6.07) is 29.2. The molecule has 0 aliphatic carbocycles. The van der Waals surface area contributed by atoms with Gasteiger partial charge in [0.05, 0.1) is 24.2 Å². The lowest BCUT2D eigenvalue weighted by Gasteiger charge is -2.42. The standard InChI is InChI=1S/C28H25NO/c1-22-25(19-18-23-12-4-2-5-13-23)26-16-8-9-17-27(26)30-28(22,29-20-10-11-21-29)24-14-6-3-7-15-24/h2-9,12-17H,10-11,20-21H2,1H3/p+1/t28-/m0/s1. The average Bonchev–Trinajstić information content (AvgIpc) is 3.35. The lowest BCUT2D eigenvalue weighted by atomic mass is 9.84. The van der Waals surface area contributed by atoms with E-state index in [-0.39, 0.29) is 0 Å². The summed E-state index contributed by atoms with van der Waals surface area (Å²) in [6.45, 7) is 4.42. The van der Waals surface area contributed by atoms with Crippen LogP contribution < -0.4 is 9.64 Å². The Labute approximate surface area is 178 Å². The van der Waals surface area contributed by atoms with Crippen molar-refractivity contribution >= 4 is 5.57 Å². The number of para-hydroxylation sites is 1. The summed E-state index contributed by atoms with van der Waals surface area (Å²) >= 11 is 0. The fourth-order valence-corrected chi connectivity index (χ4v) is 4.84. The quantitative estimate of drug-likeness (QED) is 0.637. The molecule has 30 heavy (non-hydrogen) atoms. The summed E-state index contributed by atoms with van der Waals surface area (Å²) in [5.41, 5.74) is 5.07. The van der Waals surface area contributed by atoms with Gasteiger partial charge < -0.3 is 4.74 Å². The Balaban J connectivity index is 1.75. The number of rotatable bonds is 2. The summed E-state index contributed by atoms with van der Waals surface area (Å²) in [5.74, 6) is 7.84. The van der Waals surface area contributed by atoms with E-state index in [1.165, 1.54) is 28.9 Å². The second kappa shape index (κ2) is 7.86. The minimum atomic E-state index is -0.535. The van der Waals surface area contributed by atoms with Crippen LogP contribution in [0.3, 0.4) is 0 Å². The zero-order valence-electron chi connectivity index (χ0n) is 17.3. The van der Waals surface area contributed by atoms with Gasteiger partial charge in [0, 0.05) is 29.5 Å². The van der Waals surface area contributed by atoms with Gasteiger partial charge in [-0.2, -0.15) is 0 Å². The molecule has 0 unspecified atom stereocenters. The van der Waals surface area contributed by atoms with Crippen LogP contribution >= 0.6 is 0 Å². The number of quaternary nitrogens is 1. The highest BCUT2D eigenvalue weighted by molar-refractivity contribution is 5.87. The first kappa shape index (κ1) is 18.7. The molecular weight excluding hydrogens is 366 g/mol. The molecule has 2 heterocycles. The molecule has 5 rings (SSSR count). The van der Waals surface area contributed by atoms with E-state index < -0.39 is 5.72 Å². The molecule has 1 saturated heterocycles. The maximum absolute atomic E-state index is 6.92. The van der Waals surface area contributed by atoms with Gasteiger partial charge in [0.2, 0.25) is 0 Å². The van der Waals surface area contributed by atoms with Crippen LogP contribution in [0.15, 0.2) is 90.5 Å². The van der Waals surface area contributed by atoms with Crippen molar-refractivity contribution in [2.24, 2.45) is 0 Å². The number of ether oxygens (including phenoxy) is 1. The third-order valence-electron chi connectivity index (χ3n) is 6.31. The predicted octanol–water partition coefficient (Wildman–Crippen LogP) is 4.44. The number of nitrogens with one attached hydrogen (secondary N) is 1. The summed E-state index contributed by atoms with van der Waals surface area (Å²) in [7, 11) is 0. The van der Waals surface area contributed by atoms with Gasteiger partial charge in [-0.3, -0.25) is 4.90 Å². The molecule has 0 bridgehead atoms. The van der Waals surface area contributed by atoms with E-state index in [9.17, 15) is 0 Å². The minimum absolute atomic E-state index is 0.535. The first-order valence-corrected chi connectivity index (χ1v) is 10.8. The van der Waals surface area contributed by atoms with Crippen LogP contribution in [0.1, 0.15) is 36.5 Å². The zero-order valence-corrected chi connectivity index (χ0v) is 17.3. The Kier molecular flexibility index (Phi) is 4.91. The van der Waals surface area contributed by atoms with Crippen LogP contribution in [-0.4, -0.2) is 13.1 Å². The van der Waals surface area contributed by atoms with Crippen molar-refractivity contribution in [1.82, 2.24) is 0 Å². The molecule has 0 spiro atoms. The van der Waals surface area contributed by atoms with Crippen molar-refractivity contribution in [1.29, 1.82) is 0 Å². The Bertz CT molecular complexity index is 1130. The number of hydrogen-bond donors (Lipinski definition) is 1. The van der Waals surface area contributed by atoms with Crippen LogP contribution in [0.2, 0.25) is 0 Å². The number of allylic oxidation sites excluding steroid dienone is 1. The van der Waals surface area contributed by atoms with Crippen molar-refractivity contribution in [2.45, 2.75) is 25.5 Å². The van der Waals surface area contributed by atoms with E-state index in [0.717, 1.165) is 35.5 Å². The third kappa shape index (κ3) is 3.12. The van der Waals surface area contributed by atoms with Gasteiger partial charge in [-0.05, 0) is 43.3 Å². The molecule has 2 heteroatoms. The average molecular weight is 393 g/mol. The van der Waals surface area contributed by atoms with E-state index in [1.54, 1.807) is 0 Å². The molecular formula is C28H26NO+. The minimum Gasteiger partial charge on any atom is -0.432 e. The molecule has 3 aromatic carbocycles. The molecule has 2 aliphatic rings. The van der Waals surface area contributed by atoms with Gasteiger partial charge in [0.15, 0.2) is 0 Å². The lowest BCUT2D eigenvalue weighted by molar-refractivity contribution is -0.966. The Morgan fingerprint density at radius 3 is 2.13 bits per heavy atom. The van der Waals surface area contributed by atoms with Gasteiger partial charge in [-0.25, -0.2) is 0 Å². The van der Waals surface area contributed by atoms with Crippen LogP contribution in [0.4, 0.5) is 0 Å². The van der Waals surface area contributed by atoms with Gasteiger partial charge in [-0.1, -0.05) is 60.4 Å². The van der Waals surface area contributed by atoms with Crippen LogP contribution in [0.25, 0.3) is 5.57 Å². The molecule has 2 nitrogen and oxygen atoms in total.